The van der Waals surface area contributed by atoms with Gasteiger partial charge in [0.05, 0.1) is 18.9 Å². The lowest BCUT2D eigenvalue weighted by Gasteiger charge is -2.30. The fourth-order valence-corrected chi connectivity index (χ4v) is 8.41. The molecule has 0 heterocycles. The maximum absolute atomic E-state index is 14.4. The van der Waals surface area contributed by atoms with E-state index in [2.05, 4.69) is 33.5 Å². The zero-order chi connectivity index (χ0) is 56.8. The summed E-state index contributed by atoms with van der Waals surface area (Å²) in [5.41, 5.74) is 6.01. The minimum absolute atomic E-state index is 0.0230. The van der Waals surface area contributed by atoms with Crippen molar-refractivity contribution in [1.82, 2.24) is 26.6 Å². The van der Waals surface area contributed by atoms with Crippen LogP contribution in [0.25, 0.3) is 0 Å². The number of rotatable bonds is 37. The highest BCUT2D eigenvalue weighted by atomic mass is 16.6. The van der Waals surface area contributed by atoms with Gasteiger partial charge in [0, 0.05) is 0 Å². The van der Waals surface area contributed by atoms with E-state index < -0.39 is 114 Å². The summed E-state index contributed by atoms with van der Waals surface area (Å²) < 4.78 is 17.2. The lowest BCUT2D eigenvalue weighted by atomic mass is 9.97. The molecule has 0 radical (unpaired) electrons. The van der Waals surface area contributed by atoms with Gasteiger partial charge in [-0.3, -0.25) is 33.6 Å². The predicted octanol–water partition coefficient (Wildman–Crippen LogP) is 8.28. The number of hydrogen-bond acceptors (Lipinski definition) is 12. The topological polar surface area (TPSA) is 250 Å². The van der Waals surface area contributed by atoms with Crippen molar-refractivity contribution >= 4 is 47.4 Å². The van der Waals surface area contributed by atoms with Gasteiger partial charge in [-0.25, -0.2) is 4.79 Å². The van der Waals surface area contributed by atoms with Crippen molar-refractivity contribution < 1.29 is 52.6 Å². The van der Waals surface area contributed by atoms with Crippen LogP contribution in [0, 0.1) is 29.6 Å². The quantitative estimate of drug-likeness (QED) is 0.0209. The summed E-state index contributed by atoms with van der Waals surface area (Å²) in [5.74, 6) is -6.56. The van der Waals surface area contributed by atoms with Crippen molar-refractivity contribution in [2.24, 2.45) is 35.3 Å². The molecule has 1 aromatic carbocycles. The summed E-state index contributed by atoms with van der Waals surface area (Å²) in [7, 11) is 0. The Bertz CT molecular complexity index is 1890. The molecule has 8 atom stereocenters. The molecule has 0 aliphatic carbocycles. The van der Waals surface area contributed by atoms with Crippen molar-refractivity contribution in [2.45, 2.75) is 254 Å². The zero-order valence-corrected chi connectivity index (χ0v) is 48.4. The first-order chi connectivity index (χ1) is 35.2. The molecule has 0 bridgehead atoms. The van der Waals surface area contributed by atoms with Crippen LogP contribution < -0.4 is 32.3 Å². The van der Waals surface area contributed by atoms with Gasteiger partial charge in [-0.2, -0.15) is 0 Å². The van der Waals surface area contributed by atoms with Crippen molar-refractivity contribution in [3.63, 3.8) is 0 Å². The molecule has 17 nitrogen and oxygen atoms in total. The Morgan fingerprint density at radius 1 is 0.547 bits per heavy atom. The number of nitrogens with one attached hydrogen (secondary N) is 5. The summed E-state index contributed by atoms with van der Waals surface area (Å²) in [6.45, 7) is 25.6. The monoisotopic (exact) mass is 1060 g/mol. The SMILES string of the molecule is CCCCCCCCCCCC(CC(=O)OCc1ccccc1)OC(=O)[C@@H](NC(=O)[C@H](CC(C)C)NC(=O)[C@H](CC(=O)OC(C)(C)C)NC(=O)[C@@H](NC(=O)[C@@H](CC(C)C)NC(=O)[C@@H](N)CC(C)C)C(C)C)[C@@H](C)CC. The van der Waals surface area contributed by atoms with Gasteiger partial charge in [0.15, 0.2) is 0 Å². The highest BCUT2D eigenvalue weighted by molar-refractivity contribution is 5.97. The van der Waals surface area contributed by atoms with E-state index in [1.807, 2.05) is 78.8 Å². The first kappa shape index (κ1) is 68.0. The first-order valence-corrected chi connectivity index (χ1v) is 28.1. The Hall–Kier alpha value is -5.06. The van der Waals surface area contributed by atoms with Gasteiger partial charge in [-0.05, 0) is 88.0 Å². The summed E-state index contributed by atoms with van der Waals surface area (Å²) in [6.07, 6.45) is 9.79. The van der Waals surface area contributed by atoms with Crippen LogP contribution in [0.4, 0.5) is 0 Å². The van der Waals surface area contributed by atoms with E-state index in [0.717, 1.165) is 37.7 Å². The zero-order valence-electron chi connectivity index (χ0n) is 48.4. The van der Waals surface area contributed by atoms with Gasteiger partial charge in [0.2, 0.25) is 29.5 Å². The number of benzene rings is 1. The number of unbranched alkanes of at least 4 members (excludes halogenated alkanes) is 8. The van der Waals surface area contributed by atoms with Crippen molar-refractivity contribution in [1.29, 1.82) is 0 Å². The van der Waals surface area contributed by atoms with Crippen molar-refractivity contribution in [3.8, 4) is 0 Å². The van der Waals surface area contributed by atoms with Gasteiger partial charge in [-0.1, -0.05) is 164 Å². The summed E-state index contributed by atoms with van der Waals surface area (Å²) in [6, 6.07) is 2.19. The van der Waals surface area contributed by atoms with Gasteiger partial charge < -0.3 is 46.5 Å². The molecule has 17 heteroatoms. The van der Waals surface area contributed by atoms with Gasteiger partial charge in [0.1, 0.15) is 48.5 Å². The molecule has 428 valence electrons. The molecule has 0 aliphatic rings. The standard InChI is InChI=1S/C58H100N6O11/c1-15-17-18-19-20-21-22-23-27-30-43(34-48(65)73-36-42-28-25-24-26-29-42)74-57(72)51(41(11)16-2)64-55(70)46(33-39(7)8)61-53(68)47(35-49(66)75-58(12,13)14)62-56(71)50(40(9)10)63-54(69)45(32-38(5)6)60-52(67)44(59)31-37(3)4/h24-26,28-29,37-41,43-47,50-51H,15-23,27,30-36,59H2,1-14H3,(H,60,67)(H,61,68)(H,62,71)(H,63,69)(H,64,70)/t41-,43?,44-,45+,46-,47-,50-,51-/m0/s1. The van der Waals surface area contributed by atoms with Crippen molar-refractivity contribution in [3.05, 3.63) is 35.9 Å². The Morgan fingerprint density at radius 3 is 1.52 bits per heavy atom. The Balaban J connectivity index is 3.46. The number of hydrogen-bond donors (Lipinski definition) is 6. The molecule has 0 saturated carbocycles. The number of esters is 3. The molecule has 5 amide bonds. The normalized spacial score (nSPS) is 14.9. The van der Waals surface area contributed by atoms with Crippen LogP contribution in [0.5, 0.6) is 0 Å². The van der Waals surface area contributed by atoms with Crippen LogP contribution in [0.2, 0.25) is 0 Å². The van der Waals surface area contributed by atoms with Crippen LogP contribution in [-0.4, -0.2) is 95.4 Å². The molecule has 0 aliphatic heterocycles. The number of carbonyl (C=O) groups is 8. The second kappa shape index (κ2) is 36.1. The predicted molar refractivity (Wildman–Crippen MR) is 293 cm³/mol. The highest BCUT2D eigenvalue weighted by Crippen LogP contribution is 2.20. The molecule has 0 aromatic heterocycles. The van der Waals surface area contributed by atoms with E-state index in [4.69, 9.17) is 19.9 Å². The number of ether oxygens (including phenoxy) is 3. The molecule has 1 rings (SSSR count). The summed E-state index contributed by atoms with van der Waals surface area (Å²) in [4.78, 5) is 111. The first-order valence-electron chi connectivity index (χ1n) is 28.1. The fourth-order valence-electron chi connectivity index (χ4n) is 8.41. The van der Waals surface area contributed by atoms with Crippen LogP contribution in [0.3, 0.4) is 0 Å². The Morgan fingerprint density at radius 2 is 1.03 bits per heavy atom. The third-order valence-corrected chi connectivity index (χ3v) is 12.7. The molecule has 1 aromatic rings. The largest absolute Gasteiger partial charge is 0.461 e. The van der Waals surface area contributed by atoms with Gasteiger partial charge in [0.25, 0.3) is 0 Å². The molecular weight excluding hydrogens is 957 g/mol. The fraction of sp³-hybridized carbons (Fsp3) is 0.759. The smallest absolute Gasteiger partial charge is 0.329 e. The summed E-state index contributed by atoms with van der Waals surface area (Å²) in [5, 5.41) is 13.7. The Kier molecular flexibility index (Phi) is 32.7. The molecular formula is C58H100N6O11. The molecule has 75 heavy (non-hydrogen) atoms. The molecule has 0 fully saturated rings. The third-order valence-electron chi connectivity index (χ3n) is 12.7. The average molecular weight is 1060 g/mol. The lowest BCUT2D eigenvalue weighted by Crippen LogP contribution is -2.61. The molecule has 0 spiro atoms. The molecule has 1 unspecified atom stereocenters. The maximum Gasteiger partial charge on any atom is 0.329 e. The highest BCUT2D eigenvalue weighted by Gasteiger charge is 2.37. The van der Waals surface area contributed by atoms with E-state index >= 15 is 0 Å². The molecule has 0 saturated heterocycles. The van der Waals surface area contributed by atoms with E-state index in [9.17, 15) is 38.4 Å². The molecule has 7 N–H and O–H groups in total. The van der Waals surface area contributed by atoms with Crippen LogP contribution in [-0.2, 0) is 59.2 Å². The maximum atomic E-state index is 14.4. The minimum atomic E-state index is -1.58. The summed E-state index contributed by atoms with van der Waals surface area (Å²) >= 11 is 0. The van der Waals surface area contributed by atoms with Crippen LogP contribution in [0.15, 0.2) is 30.3 Å². The van der Waals surface area contributed by atoms with E-state index in [0.29, 0.717) is 19.3 Å². The Labute approximate surface area is 450 Å². The van der Waals surface area contributed by atoms with E-state index in [1.165, 1.54) is 25.7 Å². The number of carbonyl (C=O) groups excluding carboxylic acids is 8. The second-order valence-corrected chi connectivity index (χ2v) is 23.1. The van der Waals surface area contributed by atoms with E-state index in [1.54, 1.807) is 41.5 Å². The van der Waals surface area contributed by atoms with Crippen LogP contribution in [0.1, 0.15) is 205 Å². The van der Waals surface area contributed by atoms with Crippen molar-refractivity contribution in [2.75, 3.05) is 0 Å². The van der Waals surface area contributed by atoms with E-state index in [-0.39, 0.29) is 43.6 Å². The average Bonchev–Trinajstić information content (AvgIpc) is 3.31. The van der Waals surface area contributed by atoms with Gasteiger partial charge >= 0.3 is 17.9 Å². The lowest BCUT2D eigenvalue weighted by molar-refractivity contribution is -0.160. The third kappa shape index (κ3) is 29.7. The second-order valence-electron chi connectivity index (χ2n) is 23.1. The van der Waals surface area contributed by atoms with Gasteiger partial charge in [-0.15, -0.1) is 0 Å². The number of nitrogens with two attached hydrogens (primary N) is 1. The van der Waals surface area contributed by atoms with Crippen LogP contribution >= 0.6 is 0 Å². The number of amides is 5. The minimum Gasteiger partial charge on any atom is -0.461 e.